The Morgan fingerprint density at radius 1 is 1.50 bits per heavy atom. The molecular formula is C12H19N3O. The highest BCUT2D eigenvalue weighted by atomic mass is 16.4. The number of aromatic nitrogens is 2. The summed E-state index contributed by atoms with van der Waals surface area (Å²) in [5.74, 6) is 2.09. The van der Waals surface area contributed by atoms with Crippen molar-refractivity contribution in [2.75, 3.05) is 13.1 Å². The molecule has 4 nitrogen and oxygen atoms in total. The number of hydrogen-bond acceptors (Lipinski definition) is 4. The Bertz CT molecular complexity index is 368. The minimum absolute atomic E-state index is 0.539. The number of nitrogens with zero attached hydrogens (tertiary/aromatic N) is 3. The first-order valence-electron chi connectivity index (χ1n) is 5.88. The van der Waals surface area contributed by atoms with Crippen LogP contribution in [-0.4, -0.2) is 28.2 Å². The molecule has 0 saturated heterocycles. The van der Waals surface area contributed by atoms with E-state index in [0.717, 1.165) is 37.0 Å². The SMILES string of the molecule is C=C(C)CN(CC)Cc1nnc(C2CC2)o1. The van der Waals surface area contributed by atoms with Crippen LogP contribution in [0.1, 0.15) is 44.4 Å². The Morgan fingerprint density at radius 2 is 2.25 bits per heavy atom. The molecule has 0 amide bonds. The molecule has 0 radical (unpaired) electrons. The topological polar surface area (TPSA) is 42.2 Å². The smallest absolute Gasteiger partial charge is 0.230 e. The van der Waals surface area contributed by atoms with Crippen LogP contribution in [0, 0.1) is 0 Å². The van der Waals surface area contributed by atoms with Crippen LogP contribution in [0.4, 0.5) is 0 Å². The highest BCUT2D eigenvalue weighted by Crippen LogP contribution is 2.39. The third-order valence-electron chi connectivity index (χ3n) is 2.71. The van der Waals surface area contributed by atoms with Crippen LogP contribution in [0.5, 0.6) is 0 Å². The molecule has 1 fully saturated rings. The average Bonchev–Trinajstić information content (AvgIpc) is 2.98. The molecule has 0 aliphatic heterocycles. The molecule has 16 heavy (non-hydrogen) atoms. The molecule has 1 aliphatic carbocycles. The first-order chi connectivity index (χ1) is 7.69. The van der Waals surface area contributed by atoms with Gasteiger partial charge >= 0.3 is 0 Å². The van der Waals surface area contributed by atoms with Crippen LogP contribution in [0.25, 0.3) is 0 Å². The summed E-state index contributed by atoms with van der Waals surface area (Å²) in [5, 5.41) is 8.16. The van der Waals surface area contributed by atoms with E-state index in [1.165, 1.54) is 12.8 Å². The molecule has 0 spiro atoms. The van der Waals surface area contributed by atoms with Crippen LogP contribution in [-0.2, 0) is 6.54 Å². The van der Waals surface area contributed by atoms with E-state index in [-0.39, 0.29) is 0 Å². The summed E-state index contributed by atoms with van der Waals surface area (Å²) in [4.78, 5) is 2.24. The largest absolute Gasteiger partial charge is 0.424 e. The zero-order chi connectivity index (χ0) is 11.5. The summed E-state index contributed by atoms with van der Waals surface area (Å²) in [6.07, 6.45) is 2.40. The molecule has 1 aromatic heterocycles. The van der Waals surface area contributed by atoms with E-state index < -0.39 is 0 Å². The number of rotatable bonds is 6. The minimum atomic E-state index is 0.539. The maximum atomic E-state index is 5.63. The van der Waals surface area contributed by atoms with E-state index in [4.69, 9.17) is 4.42 Å². The van der Waals surface area contributed by atoms with Crippen molar-refractivity contribution in [1.29, 1.82) is 0 Å². The highest BCUT2D eigenvalue weighted by Gasteiger charge is 2.29. The summed E-state index contributed by atoms with van der Waals surface area (Å²) in [5.41, 5.74) is 1.16. The van der Waals surface area contributed by atoms with Crippen LogP contribution in [0.2, 0.25) is 0 Å². The molecule has 1 heterocycles. The maximum Gasteiger partial charge on any atom is 0.230 e. The van der Waals surface area contributed by atoms with Crippen LogP contribution >= 0.6 is 0 Å². The second-order valence-corrected chi connectivity index (χ2v) is 4.57. The summed E-state index contributed by atoms with van der Waals surface area (Å²) in [7, 11) is 0. The predicted octanol–water partition coefficient (Wildman–Crippen LogP) is 2.35. The average molecular weight is 221 g/mol. The lowest BCUT2D eigenvalue weighted by Gasteiger charge is -2.17. The van der Waals surface area contributed by atoms with Crippen molar-refractivity contribution in [2.45, 2.75) is 39.2 Å². The van der Waals surface area contributed by atoms with Crippen molar-refractivity contribution in [3.63, 3.8) is 0 Å². The Hall–Kier alpha value is -1.16. The van der Waals surface area contributed by atoms with Crippen molar-refractivity contribution < 1.29 is 4.42 Å². The third-order valence-corrected chi connectivity index (χ3v) is 2.71. The van der Waals surface area contributed by atoms with Gasteiger partial charge in [0, 0.05) is 12.5 Å². The Morgan fingerprint density at radius 3 is 2.81 bits per heavy atom. The highest BCUT2D eigenvalue weighted by molar-refractivity contribution is 5.00. The first kappa shape index (κ1) is 11.3. The van der Waals surface area contributed by atoms with Gasteiger partial charge in [0.15, 0.2) is 0 Å². The van der Waals surface area contributed by atoms with Gasteiger partial charge in [-0.1, -0.05) is 19.1 Å². The van der Waals surface area contributed by atoms with Gasteiger partial charge in [-0.25, -0.2) is 0 Å². The quantitative estimate of drug-likeness (QED) is 0.691. The van der Waals surface area contributed by atoms with Gasteiger partial charge in [0.1, 0.15) is 0 Å². The van der Waals surface area contributed by atoms with E-state index in [1.54, 1.807) is 0 Å². The monoisotopic (exact) mass is 221 g/mol. The molecule has 0 aromatic carbocycles. The lowest BCUT2D eigenvalue weighted by atomic mass is 10.3. The summed E-state index contributed by atoms with van der Waals surface area (Å²) in [6.45, 7) is 10.7. The third kappa shape index (κ3) is 2.92. The van der Waals surface area contributed by atoms with Gasteiger partial charge < -0.3 is 4.42 Å². The van der Waals surface area contributed by atoms with E-state index in [0.29, 0.717) is 5.92 Å². The maximum absolute atomic E-state index is 5.63. The Kier molecular flexibility index (Phi) is 3.39. The summed E-state index contributed by atoms with van der Waals surface area (Å²) >= 11 is 0. The Labute approximate surface area is 96.3 Å². The van der Waals surface area contributed by atoms with Gasteiger partial charge in [0.05, 0.1) is 6.54 Å². The van der Waals surface area contributed by atoms with E-state index in [1.807, 2.05) is 6.92 Å². The first-order valence-corrected chi connectivity index (χ1v) is 5.88. The van der Waals surface area contributed by atoms with Crippen molar-refractivity contribution in [2.24, 2.45) is 0 Å². The van der Waals surface area contributed by atoms with Gasteiger partial charge in [-0.05, 0) is 26.3 Å². The number of likely N-dealkylation sites (N-methyl/N-ethyl adjacent to an activating group) is 1. The fraction of sp³-hybridized carbons (Fsp3) is 0.667. The van der Waals surface area contributed by atoms with Crippen molar-refractivity contribution >= 4 is 0 Å². The molecule has 1 aliphatic rings. The lowest BCUT2D eigenvalue weighted by Crippen LogP contribution is -2.24. The molecule has 0 N–H and O–H groups in total. The molecule has 1 aromatic rings. The number of hydrogen-bond donors (Lipinski definition) is 0. The fourth-order valence-electron chi connectivity index (χ4n) is 1.68. The van der Waals surface area contributed by atoms with Gasteiger partial charge in [0.2, 0.25) is 11.8 Å². The van der Waals surface area contributed by atoms with Gasteiger partial charge in [-0.2, -0.15) is 0 Å². The standard InChI is InChI=1S/C12H19N3O/c1-4-15(7-9(2)3)8-11-13-14-12(16-11)10-5-6-10/h10H,2,4-8H2,1,3H3. The predicted molar refractivity (Wildman–Crippen MR) is 62.0 cm³/mol. The molecule has 2 rings (SSSR count). The molecule has 0 unspecified atom stereocenters. The molecule has 88 valence electrons. The zero-order valence-electron chi connectivity index (χ0n) is 10.1. The van der Waals surface area contributed by atoms with E-state index in [2.05, 4.69) is 28.6 Å². The second-order valence-electron chi connectivity index (χ2n) is 4.57. The van der Waals surface area contributed by atoms with Crippen LogP contribution in [0.3, 0.4) is 0 Å². The summed E-state index contributed by atoms with van der Waals surface area (Å²) < 4.78 is 5.63. The molecule has 0 bridgehead atoms. The van der Waals surface area contributed by atoms with Crippen molar-refractivity contribution in [3.05, 3.63) is 23.9 Å². The van der Waals surface area contributed by atoms with Crippen molar-refractivity contribution in [3.8, 4) is 0 Å². The molecule has 1 saturated carbocycles. The van der Waals surface area contributed by atoms with E-state index in [9.17, 15) is 0 Å². The Balaban J connectivity index is 1.92. The van der Waals surface area contributed by atoms with Crippen LogP contribution < -0.4 is 0 Å². The molecular weight excluding hydrogens is 202 g/mol. The molecule has 4 heteroatoms. The lowest BCUT2D eigenvalue weighted by molar-refractivity contribution is 0.266. The van der Waals surface area contributed by atoms with Gasteiger partial charge in [-0.15, -0.1) is 10.2 Å². The zero-order valence-corrected chi connectivity index (χ0v) is 10.1. The molecule has 0 atom stereocenters. The fourth-order valence-corrected chi connectivity index (χ4v) is 1.68. The van der Waals surface area contributed by atoms with Gasteiger partial charge in [-0.3, -0.25) is 4.90 Å². The minimum Gasteiger partial charge on any atom is -0.424 e. The second kappa shape index (κ2) is 4.78. The normalized spacial score (nSPS) is 15.7. The van der Waals surface area contributed by atoms with E-state index >= 15 is 0 Å². The van der Waals surface area contributed by atoms with Crippen molar-refractivity contribution in [1.82, 2.24) is 15.1 Å². The van der Waals surface area contributed by atoms with Gasteiger partial charge in [0.25, 0.3) is 0 Å². The summed E-state index contributed by atoms with van der Waals surface area (Å²) in [6, 6.07) is 0. The van der Waals surface area contributed by atoms with Crippen LogP contribution in [0.15, 0.2) is 16.6 Å².